The highest BCUT2D eigenvalue weighted by Gasteiger charge is 2.36. The van der Waals surface area contributed by atoms with Gasteiger partial charge in [-0.2, -0.15) is 39.5 Å². The van der Waals surface area contributed by atoms with Crippen molar-refractivity contribution in [2.75, 3.05) is 0 Å². The molecular formula is C21H12AlF9. The average molecular weight is 462 g/mol. The second-order valence-corrected chi connectivity index (χ2v) is 9.67. The molecule has 10 heteroatoms. The Kier molecular flexibility index (Phi) is 6.18. The van der Waals surface area contributed by atoms with Crippen LogP contribution in [0.3, 0.4) is 0 Å². The molecule has 0 aliphatic heterocycles. The van der Waals surface area contributed by atoms with Crippen molar-refractivity contribution in [2.45, 2.75) is 18.5 Å². The molecular weight excluding hydrogens is 450 g/mol. The summed E-state index contributed by atoms with van der Waals surface area (Å²) in [7, 11) is 0. The highest BCUT2D eigenvalue weighted by Crippen LogP contribution is 2.30. The first kappa shape index (κ1) is 23.2. The average Bonchev–Trinajstić information content (AvgIpc) is 2.67. The second kappa shape index (κ2) is 8.25. The lowest BCUT2D eigenvalue weighted by molar-refractivity contribution is -0.138. The van der Waals surface area contributed by atoms with E-state index in [0.717, 1.165) is 54.6 Å². The third-order valence-electron chi connectivity index (χ3n) is 4.64. The molecule has 162 valence electrons. The molecule has 0 radical (unpaired) electrons. The molecule has 3 aromatic rings. The van der Waals surface area contributed by atoms with E-state index in [1.807, 2.05) is 0 Å². The van der Waals surface area contributed by atoms with Crippen LogP contribution in [-0.4, -0.2) is 14.1 Å². The fourth-order valence-electron chi connectivity index (χ4n) is 3.26. The van der Waals surface area contributed by atoms with Gasteiger partial charge in [0, 0.05) is 0 Å². The molecule has 0 aromatic heterocycles. The lowest BCUT2D eigenvalue weighted by Gasteiger charge is -2.18. The molecule has 0 unspecified atom stereocenters. The summed E-state index contributed by atoms with van der Waals surface area (Å²) in [5.74, 6) is 0. The third-order valence-corrected chi connectivity index (χ3v) is 7.72. The van der Waals surface area contributed by atoms with Crippen molar-refractivity contribution < 1.29 is 39.5 Å². The van der Waals surface area contributed by atoms with Crippen molar-refractivity contribution in [2.24, 2.45) is 0 Å². The first-order chi connectivity index (χ1) is 14.3. The lowest BCUT2D eigenvalue weighted by Crippen LogP contribution is -2.52. The predicted octanol–water partition coefficient (Wildman–Crippen LogP) is 5.26. The molecule has 0 N–H and O–H groups in total. The zero-order chi connectivity index (χ0) is 23.0. The van der Waals surface area contributed by atoms with Gasteiger partial charge in [-0.25, -0.2) is 0 Å². The molecule has 0 saturated heterocycles. The summed E-state index contributed by atoms with van der Waals surface area (Å²) >= 11 is -3.11. The molecule has 0 heterocycles. The normalized spacial score (nSPS) is 12.7. The van der Waals surface area contributed by atoms with Crippen LogP contribution in [-0.2, 0) is 18.5 Å². The summed E-state index contributed by atoms with van der Waals surface area (Å²) in [4.78, 5) is 0. The van der Waals surface area contributed by atoms with Gasteiger partial charge in [-0.15, -0.1) is 0 Å². The van der Waals surface area contributed by atoms with Gasteiger partial charge < -0.3 is 0 Å². The minimum atomic E-state index is -4.71. The predicted molar refractivity (Wildman–Crippen MR) is 99.0 cm³/mol. The van der Waals surface area contributed by atoms with Crippen molar-refractivity contribution in [1.82, 2.24) is 0 Å². The van der Waals surface area contributed by atoms with E-state index in [4.69, 9.17) is 0 Å². The first-order valence-corrected chi connectivity index (χ1v) is 10.5. The minimum absolute atomic E-state index is 0.0495. The fraction of sp³-hybridized carbons (Fsp3) is 0.143. The van der Waals surface area contributed by atoms with E-state index in [-0.39, 0.29) is 13.3 Å². The van der Waals surface area contributed by atoms with Gasteiger partial charge in [0.25, 0.3) is 0 Å². The standard InChI is InChI=1S/3C7H4F3.Al/c3*8-7(9,10)6-4-2-1-3-5-6;/h3*1-2,4-5H;. The maximum absolute atomic E-state index is 13.2. The maximum Gasteiger partial charge on any atom is 0.416 e. The molecule has 0 aliphatic carbocycles. The van der Waals surface area contributed by atoms with Gasteiger partial charge in [0.1, 0.15) is 0 Å². The van der Waals surface area contributed by atoms with Crippen LogP contribution >= 0.6 is 0 Å². The highest BCUT2D eigenvalue weighted by molar-refractivity contribution is 6.95. The Bertz CT molecular complexity index is 928. The van der Waals surface area contributed by atoms with E-state index in [0.29, 0.717) is 0 Å². The van der Waals surface area contributed by atoms with Crippen molar-refractivity contribution >= 4 is 27.4 Å². The molecule has 3 aromatic carbocycles. The molecule has 0 atom stereocenters. The molecule has 0 nitrogen and oxygen atoms in total. The molecule has 0 aliphatic rings. The van der Waals surface area contributed by atoms with E-state index in [2.05, 4.69) is 0 Å². The van der Waals surface area contributed by atoms with Crippen LogP contribution in [0, 0.1) is 0 Å². The van der Waals surface area contributed by atoms with Gasteiger partial charge in [0.15, 0.2) is 0 Å². The number of hydrogen-bond acceptors (Lipinski definition) is 0. The molecule has 3 rings (SSSR count). The SMILES string of the molecule is FC(F)(F)c1ccc[c]([Al]([c]2cccc(C(F)(F)F)c2)[c]2cccc(C(F)(F)F)c2)c1. The van der Waals surface area contributed by atoms with Crippen molar-refractivity contribution in [1.29, 1.82) is 0 Å². The minimum Gasteiger partial charge on any atom is -0.166 e. The van der Waals surface area contributed by atoms with E-state index in [9.17, 15) is 39.5 Å². The second-order valence-electron chi connectivity index (χ2n) is 6.80. The van der Waals surface area contributed by atoms with Gasteiger partial charge in [-0.1, -0.05) is 86.1 Å². The van der Waals surface area contributed by atoms with Crippen LogP contribution in [0.25, 0.3) is 0 Å². The summed E-state index contributed by atoms with van der Waals surface area (Å²) in [6, 6.07) is 11.9. The van der Waals surface area contributed by atoms with E-state index < -0.39 is 49.4 Å². The van der Waals surface area contributed by atoms with Crippen molar-refractivity contribution in [3.8, 4) is 0 Å². The Morgan fingerprint density at radius 1 is 0.419 bits per heavy atom. The summed E-state index contributed by atoms with van der Waals surface area (Å²) in [6.07, 6.45) is -14.1. The lowest BCUT2D eigenvalue weighted by atomic mass is 10.2. The van der Waals surface area contributed by atoms with Gasteiger partial charge in [0.2, 0.25) is 0 Å². The summed E-state index contributed by atoms with van der Waals surface area (Å²) in [5.41, 5.74) is -3.08. The Hall–Kier alpha value is -2.44. The van der Waals surface area contributed by atoms with Crippen molar-refractivity contribution in [3.63, 3.8) is 0 Å². The van der Waals surface area contributed by atoms with Crippen LogP contribution in [0.15, 0.2) is 72.8 Å². The monoisotopic (exact) mass is 462 g/mol. The van der Waals surface area contributed by atoms with Crippen LogP contribution in [0.2, 0.25) is 0 Å². The zero-order valence-corrected chi connectivity index (χ0v) is 16.6. The largest absolute Gasteiger partial charge is 0.416 e. The molecule has 0 saturated carbocycles. The molecule has 0 spiro atoms. The van der Waals surface area contributed by atoms with Gasteiger partial charge in [-0.05, 0) is 0 Å². The summed E-state index contributed by atoms with van der Waals surface area (Å²) < 4.78 is 119. The van der Waals surface area contributed by atoms with Gasteiger partial charge >= 0.3 is 32.7 Å². The van der Waals surface area contributed by atoms with Gasteiger partial charge in [0.05, 0.1) is 16.7 Å². The van der Waals surface area contributed by atoms with Crippen LogP contribution in [0.5, 0.6) is 0 Å². The van der Waals surface area contributed by atoms with E-state index in [1.54, 1.807) is 0 Å². The highest BCUT2D eigenvalue weighted by atomic mass is 27.2. The number of benzene rings is 3. The van der Waals surface area contributed by atoms with Crippen LogP contribution < -0.4 is 13.3 Å². The number of alkyl halides is 9. The first-order valence-electron chi connectivity index (χ1n) is 8.78. The van der Waals surface area contributed by atoms with Crippen LogP contribution in [0.4, 0.5) is 39.5 Å². The summed E-state index contributed by atoms with van der Waals surface area (Å²) in [6.45, 7) is 0. The number of hydrogen-bond donors (Lipinski definition) is 0. The maximum atomic E-state index is 13.2. The van der Waals surface area contributed by atoms with E-state index >= 15 is 0 Å². The number of halogens is 9. The third kappa shape index (κ3) is 5.44. The molecule has 0 fully saturated rings. The Morgan fingerprint density at radius 2 is 0.677 bits per heavy atom. The van der Waals surface area contributed by atoms with Crippen LogP contribution in [0.1, 0.15) is 16.7 Å². The summed E-state index contributed by atoms with van der Waals surface area (Å²) in [5, 5.41) is 0. The van der Waals surface area contributed by atoms with E-state index in [1.165, 1.54) is 18.2 Å². The van der Waals surface area contributed by atoms with Gasteiger partial charge in [-0.3, -0.25) is 0 Å². The Balaban J connectivity index is 2.24. The quantitative estimate of drug-likeness (QED) is 0.368. The Morgan fingerprint density at radius 3 is 0.903 bits per heavy atom. The smallest absolute Gasteiger partial charge is 0.166 e. The zero-order valence-electron chi connectivity index (χ0n) is 15.4. The Labute approximate surface area is 175 Å². The molecule has 31 heavy (non-hydrogen) atoms. The topological polar surface area (TPSA) is 0 Å². The molecule has 0 bridgehead atoms. The molecule has 0 amide bonds. The number of rotatable bonds is 3. The van der Waals surface area contributed by atoms with Crippen molar-refractivity contribution in [3.05, 3.63) is 89.5 Å². The fourth-order valence-corrected chi connectivity index (χ4v) is 6.37.